The first kappa shape index (κ1) is 9.92. The van der Waals surface area contributed by atoms with Crippen molar-refractivity contribution in [3.8, 4) is 0 Å². The first-order valence-electron chi connectivity index (χ1n) is 3.98. The van der Waals surface area contributed by atoms with E-state index in [9.17, 15) is 4.79 Å². The Bertz CT molecular complexity index is 276. The van der Waals surface area contributed by atoms with Gasteiger partial charge in [-0.25, -0.2) is 9.10 Å². The van der Waals surface area contributed by atoms with Crippen molar-refractivity contribution in [1.82, 2.24) is 5.32 Å². The molecule has 0 bridgehead atoms. The lowest BCUT2D eigenvalue weighted by molar-refractivity contribution is 0.250. The summed E-state index contributed by atoms with van der Waals surface area (Å²) in [6.07, 6.45) is 0. The van der Waals surface area contributed by atoms with E-state index in [0.29, 0.717) is 6.54 Å². The smallest absolute Gasteiger partial charge is 0.331 e. The maximum Gasteiger partial charge on any atom is 0.331 e. The van der Waals surface area contributed by atoms with Crippen LogP contribution in [-0.4, -0.2) is 12.6 Å². The van der Waals surface area contributed by atoms with Gasteiger partial charge < -0.3 is 5.32 Å². The van der Waals surface area contributed by atoms with Gasteiger partial charge in [-0.3, -0.25) is 0 Å². The summed E-state index contributed by atoms with van der Waals surface area (Å²) in [7, 11) is 0. The molecule has 0 aliphatic carbocycles. The zero-order valence-electron chi connectivity index (χ0n) is 7.32. The minimum atomic E-state index is -0.225. The number of nitrogens with zero attached hydrogens (tertiary/aromatic N) is 1. The Morgan fingerprint density at radius 2 is 2.23 bits per heavy atom. The fraction of sp³-hybridized carbons (Fsp3) is 0.222. The van der Waals surface area contributed by atoms with Crippen LogP contribution in [-0.2, 0) is 0 Å². The van der Waals surface area contributed by atoms with Crippen molar-refractivity contribution in [3.05, 3.63) is 30.3 Å². The topological polar surface area (TPSA) is 32.3 Å². The standard InChI is InChI=1S/C9H11N2OS/c1-2-10-9(12)11(13)8-6-4-3-5-7-8/h4-7,13H,2H2,1H3,(H,10,12). The van der Waals surface area contributed by atoms with E-state index in [1.54, 1.807) is 24.3 Å². The molecule has 13 heavy (non-hydrogen) atoms. The second-order valence-corrected chi connectivity index (χ2v) is 2.81. The van der Waals surface area contributed by atoms with Crippen molar-refractivity contribution in [1.29, 1.82) is 0 Å². The van der Waals surface area contributed by atoms with Gasteiger partial charge in [-0.1, -0.05) is 24.9 Å². The highest BCUT2D eigenvalue weighted by molar-refractivity contribution is 7.82. The lowest BCUT2D eigenvalue weighted by atomic mass is 10.3. The molecule has 1 radical (unpaired) electrons. The summed E-state index contributed by atoms with van der Waals surface area (Å²) < 4.78 is 1.26. The van der Waals surface area contributed by atoms with Gasteiger partial charge in [0.2, 0.25) is 0 Å². The Labute approximate surface area is 83.3 Å². The van der Waals surface area contributed by atoms with Crippen molar-refractivity contribution in [2.24, 2.45) is 0 Å². The molecule has 69 valence electrons. The van der Waals surface area contributed by atoms with E-state index in [0.717, 1.165) is 5.69 Å². The number of hydrogen-bond donors (Lipinski definition) is 2. The minimum Gasteiger partial charge on any atom is -0.337 e. The van der Waals surface area contributed by atoms with Gasteiger partial charge in [-0.05, 0) is 25.1 Å². The Morgan fingerprint density at radius 1 is 1.62 bits per heavy atom. The van der Waals surface area contributed by atoms with Crippen LogP contribution in [0.5, 0.6) is 0 Å². The maximum absolute atomic E-state index is 11.3. The number of anilines is 1. The summed E-state index contributed by atoms with van der Waals surface area (Å²) in [4.78, 5) is 11.3. The van der Waals surface area contributed by atoms with Gasteiger partial charge in [-0.2, -0.15) is 0 Å². The number of rotatable bonds is 2. The van der Waals surface area contributed by atoms with Crippen molar-refractivity contribution in [3.63, 3.8) is 0 Å². The Hall–Kier alpha value is -1.16. The fourth-order valence-electron chi connectivity index (χ4n) is 0.863. The van der Waals surface area contributed by atoms with Gasteiger partial charge in [0.1, 0.15) is 0 Å². The zero-order chi connectivity index (χ0) is 9.68. The molecule has 0 fully saturated rings. The minimum absolute atomic E-state index is 0.225. The van der Waals surface area contributed by atoms with Crippen LogP contribution in [0.1, 0.15) is 6.92 Å². The average Bonchev–Trinajstić information content (AvgIpc) is 2.18. The third-order valence-corrected chi connectivity index (χ3v) is 1.88. The summed E-state index contributed by atoms with van der Waals surface area (Å²) in [5.41, 5.74) is 0.730. The van der Waals surface area contributed by atoms with E-state index in [-0.39, 0.29) is 6.03 Å². The van der Waals surface area contributed by atoms with Crippen molar-refractivity contribution < 1.29 is 4.79 Å². The molecule has 0 aliphatic rings. The van der Waals surface area contributed by atoms with Gasteiger partial charge >= 0.3 is 6.03 Å². The number of carbonyl (C=O) groups excluding carboxylic acids is 1. The fourth-order valence-corrected chi connectivity index (χ4v) is 1.07. The number of benzene rings is 1. The quantitative estimate of drug-likeness (QED) is 0.694. The second-order valence-electron chi connectivity index (χ2n) is 2.41. The number of thiol groups is 1. The number of urea groups is 1. The van der Waals surface area contributed by atoms with Gasteiger partial charge in [0, 0.05) is 6.54 Å². The zero-order valence-corrected chi connectivity index (χ0v) is 8.21. The predicted octanol–water partition coefficient (Wildman–Crippen LogP) is 1.87. The molecule has 0 unspecified atom stereocenters. The van der Waals surface area contributed by atoms with Crippen LogP contribution in [0.3, 0.4) is 0 Å². The highest BCUT2D eigenvalue weighted by Crippen LogP contribution is 2.14. The van der Waals surface area contributed by atoms with Crippen LogP contribution in [0, 0.1) is 6.07 Å². The van der Waals surface area contributed by atoms with Gasteiger partial charge in [0.25, 0.3) is 0 Å². The normalized spacial score (nSPS) is 9.38. The monoisotopic (exact) mass is 195 g/mol. The number of nitrogens with one attached hydrogen (secondary N) is 1. The summed E-state index contributed by atoms with van der Waals surface area (Å²) in [5, 5.41) is 2.64. The van der Waals surface area contributed by atoms with E-state index in [1.165, 1.54) is 4.31 Å². The van der Waals surface area contributed by atoms with Crippen LogP contribution in [0.2, 0.25) is 0 Å². The van der Waals surface area contributed by atoms with Crippen LogP contribution in [0.25, 0.3) is 0 Å². The molecule has 0 atom stereocenters. The summed E-state index contributed by atoms with van der Waals surface area (Å²) in [6.45, 7) is 2.45. The van der Waals surface area contributed by atoms with Crippen molar-refractivity contribution in [2.45, 2.75) is 6.92 Å². The molecule has 0 heterocycles. The highest BCUT2D eigenvalue weighted by Gasteiger charge is 2.08. The molecule has 2 amide bonds. The molecule has 3 nitrogen and oxygen atoms in total. The highest BCUT2D eigenvalue weighted by atomic mass is 32.1. The molecule has 0 saturated carbocycles. The van der Waals surface area contributed by atoms with E-state index < -0.39 is 0 Å². The largest absolute Gasteiger partial charge is 0.337 e. The molecule has 4 heteroatoms. The lowest BCUT2D eigenvalue weighted by Crippen LogP contribution is -2.33. The molecule has 0 saturated heterocycles. The molecule has 0 aromatic heterocycles. The van der Waals surface area contributed by atoms with E-state index >= 15 is 0 Å². The molecule has 0 aliphatic heterocycles. The van der Waals surface area contributed by atoms with Gasteiger partial charge in [0.15, 0.2) is 0 Å². The van der Waals surface area contributed by atoms with Crippen LogP contribution in [0.15, 0.2) is 24.3 Å². The third-order valence-electron chi connectivity index (χ3n) is 1.47. The van der Waals surface area contributed by atoms with E-state index in [4.69, 9.17) is 0 Å². The molecular weight excluding hydrogens is 184 g/mol. The van der Waals surface area contributed by atoms with Gasteiger partial charge in [0.05, 0.1) is 5.69 Å². The number of hydrogen-bond acceptors (Lipinski definition) is 2. The first-order chi connectivity index (χ1) is 6.25. The second kappa shape index (κ2) is 4.77. The molecule has 1 N–H and O–H groups in total. The SMILES string of the molecule is CCNC(=O)N(S)c1cc[c]cc1. The Morgan fingerprint density at radius 3 is 2.77 bits per heavy atom. The Balaban J connectivity index is 2.68. The van der Waals surface area contributed by atoms with E-state index in [2.05, 4.69) is 24.2 Å². The lowest BCUT2D eigenvalue weighted by Gasteiger charge is -2.15. The number of carbonyl (C=O) groups is 1. The first-order valence-corrected chi connectivity index (χ1v) is 4.38. The van der Waals surface area contributed by atoms with Gasteiger partial charge in [-0.15, -0.1) is 0 Å². The molecule has 1 aromatic carbocycles. The summed E-state index contributed by atoms with van der Waals surface area (Å²) in [5.74, 6) is 0. The molecular formula is C9H11N2OS. The van der Waals surface area contributed by atoms with Crippen molar-refractivity contribution in [2.75, 3.05) is 10.8 Å². The molecule has 0 spiro atoms. The van der Waals surface area contributed by atoms with Crippen LogP contribution >= 0.6 is 12.8 Å². The summed E-state index contributed by atoms with van der Waals surface area (Å²) in [6, 6.07) is 9.64. The molecule has 1 rings (SSSR count). The predicted molar refractivity (Wildman–Crippen MR) is 55.8 cm³/mol. The third kappa shape index (κ3) is 2.66. The summed E-state index contributed by atoms with van der Waals surface area (Å²) >= 11 is 4.06. The van der Waals surface area contributed by atoms with E-state index in [1.807, 2.05) is 6.92 Å². The maximum atomic E-state index is 11.3. The van der Waals surface area contributed by atoms with Crippen LogP contribution in [0.4, 0.5) is 10.5 Å². The van der Waals surface area contributed by atoms with Crippen LogP contribution < -0.4 is 9.62 Å². The number of amides is 2. The Kier molecular flexibility index (Phi) is 3.64. The van der Waals surface area contributed by atoms with Crippen molar-refractivity contribution >= 4 is 24.5 Å². The molecule has 1 aromatic rings. The average molecular weight is 195 g/mol.